The van der Waals surface area contributed by atoms with Gasteiger partial charge < -0.3 is 5.11 Å². The average Bonchev–Trinajstić information content (AvgIpc) is 2.37. The SMILES string of the molecule is Cc1cccc(C2CCCCN2N(C(=O)O)C(C)(C)C)c1. The Kier molecular flexibility index (Phi) is 4.57. The third-order valence-electron chi connectivity index (χ3n) is 3.97. The molecule has 1 aromatic rings. The van der Waals surface area contributed by atoms with Gasteiger partial charge in [0.15, 0.2) is 0 Å². The number of hydrazine groups is 1. The fourth-order valence-electron chi connectivity index (χ4n) is 3.15. The number of carboxylic acid groups (broad SMARTS) is 1. The molecule has 0 spiro atoms. The van der Waals surface area contributed by atoms with E-state index in [0.717, 1.165) is 25.8 Å². The van der Waals surface area contributed by atoms with Crippen molar-refractivity contribution in [1.82, 2.24) is 10.0 Å². The number of nitrogens with zero attached hydrogens (tertiary/aromatic N) is 2. The van der Waals surface area contributed by atoms with Crippen LogP contribution in [0, 0.1) is 6.92 Å². The Hall–Kier alpha value is -1.55. The van der Waals surface area contributed by atoms with E-state index in [1.54, 1.807) is 0 Å². The Bertz CT molecular complexity index is 508. The first kappa shape index (κ1) is 15.8. The van der Waals surface area contributed by atoms with Crippen molar-refractivity contribution in [2.75, 3.05) is 6.54 Å². The van der Waals surface area contributed by atoms with Gasteiger partial charge in [-0.2, -0.15) is 0 Å². The lowest BCUT2D eigenvalue weighted by Gasteiger charge is -2.47. The van der Waals surface area contributed by atoms with E-state index >= 15 is 0 Å². The van der Waals surface area contributed by atoms with Crippen molar-refractivity contribution in [3.05, 3.63) is 35.4 Å². The van der Waals surface area contributed by atoms with Crippen molar-refractivity contribution >= 4 is 6.09 Å². The molecule has 1 aliphatic rings. The minimum atomic E-state index is -0.873. The van der Waals surface area contributed by atoms with Crippen LogP contribution in [-0.2, 0) is 0 Å². The Morgan fingerprint density at radius 1 is 1.33 bits per heavy atom. The number of hydrogen-bond acceptors (Lipinski definition) is 2. The number of carbonyl (C=O) groups is 1. The number of hydrogen-bond donors (Lipinski definition) is 1. The van der Waals surface area contributed by atoms with Crippen LogP contribution < -0.4 is 0 Å². The van der Waals surface area contributed by atoms with E-state index in [9.17, 15) is 9.90 Å². The van der Waals surface area contributed by atoms with Crippen molar-refractivity contribution < 1.29 is 9.90 Å². The molecule has 1 N–H and O–H groups in total. The van der Waals surface area contributed by atoms with Gasteiger partial charge in [-0.3, -0.25) is 0 Å². The lowest BCUT2D eigenvalue weighted by Crippen LogP contribution is -2.57. The van der Waals surface area contributed by atoms with Crippen molar-refractivity contribution in [2.45, 2.75) is 58.5 Å². The summed E-state index contributed by atoms with van der Waals surface area (Å²) in [5, 5.41) is 13.2. The van der Waals surface area contributed by atoms with Crippen molar-refractivity contribution in [1.29, 1.82) is 0 Å². The smallest absolute Gasteiger partial charge is 0.422 e. The molecule has 1 saturated heterocycles. The zero-order valence-electron chi connectivity index (χ0n) is 13.5. The molecule has 1 heterocycles. The van der Waals surface area contributed by atoms with E-state index in [0.29, 0.717) is 0 Å². The summed E-state index contributed by atoms with van der Waals surface area (Å²) in [5.74, 6) is 0. The van der Waals surface area contributed by atoms with Crippen LogP contribution in [0.3, 0.4) is 0 Å². The van der Waals surface area contributed by atoms with Crippen LogP contribution in [0.2, 0.25) is 0 Å². The summed E-state index contributed by atoms with van der Waals surface area (Å²) >= 11 is 0. The molecule has 1 atom stereocenters. The van der Waals surface area contributed by atoms with Crippen LogP contribution >= 0.6 is 0 Å². The highest BCUT2D eigenvalue weighted by Crippen LogP contribution is 2.35. The van der Waals surface area contributed by atoms with E-state index < -0.39 is 11.6 Å². The van der Waals surface area contributed by atoms with E-state index in [2.05, 4.69) is 31.2 Å². The second kappa shape index (κ2) is 6.06. The molecule has 1 aromatic carbocycles. The minimum absolute atomic E-state index is 0.147. The Labute approximate surface area is 127 Å². The zero-order chi connectivity index (χ0) is 15.6. The maximum absolute atomic E-state index is 11.8. The van der Waals surface area contributed by atoms with Crippen LogP contribution in [0.5, 0.6) is 0 Å². The topological polar surface area (TPSA) is 43.8 Å². The van der Waals surface area contributed by atoms with Gasteiger partial charge in [0.2, 0.25) is 0 Å². The fourth-order valence-corrected chi connectivity index (χ4v) is 3.15. The van der Waals surface area contributed by atoms with Gasteiger partial charge in [-0.1, -0.05) is 36.2 Å². The predicted octanol–water partition coefficient (Wildman–Crippen LogP) is 4.22. The van der Waals surface area contributed by atoms with Gasteiger partial charge in [0.05, 0.1) is 11.6 Å². The van der Waals surface area contributed by atoms with Gasteiger partial charge in [-0.25, -0.2) is 14.8 Å². The highest BCUT2D eigenvalue weighted by Gasteiger charge is 2.37. The third-order valence-corrected chi connectivity index (χ3v) is 3.97. The van der Waals surface area contributed by atoms with E-state index in [1.807, 2.05) is 25.8 Å². The molecule has 4 nitrogen and oxygen atoms in total. The molecule has 1 unspecified atom stereocenters. The first-order valence-electron chi connectivity index (χ1n) is 7.67. The largest absolute Gasteiger partial charge is 0.464 e. The average molecular weight is 290 g/mol. The van der Waals surface area contributed by atoms with Gasteiger partial charge in [0.25, 0.3) is 0 Å². The molecular formula is C17H26N2O2. The highest BCUT2D eigenvalue weighted by molar-refractivity contribution is 5.65. The molecule has 0 saturated carbocycles. The Morgan fingerprint density at radius 3 is 2.62 bits per heavy atom. The standard InChI is InChI=1S/C17H26N2O2/c1-13-8-7-9-14(12-13)15-10-5-6-11-18(15)19(16(20)21)17(2,3)4/h7-9,12,15H,5-6,10-11H2,1-4H3,(H,20,21). The van der Waals surface area contributed by atoms with Crippen LogP contribution in [0.15, 0.2) is 24.3 Å². The number of benzene rings is 1. The van der Waals surface area contributed by atoms with Crippen molar-refractivity contribution in [3.63, 3.8) is 0 Å². The zero-order valence-corrected chi connectivity index (χ0v) is 13.5. The third kappa shape index (κ3) is 3.56. The van der Waals surface area contributed by atoms with Crippen LogP contribution in [0.25, 0.3) is 0 Å². The maximum atomic E-state index is 11.8. The van der Waals surface area contributed by atoms with Crippen LogP contribution in [-0.4, -0.2) is 33.3 Å². The summed E-state index contributed by atoms with van der Waals surface area (Å²) in [6.07, 6.45) is 2.32. The first-order valence-corrected chi connectivity index (χ1v) is 7.67. The monoisotopic (exact) mass is 290 g/mol. The van der Waals surface area contributed by atoms with Gasteiger partial charge in [0.1, 0.15) is 0 Å². The number of aryl methyl sites for hydroxylation is 1. The van der Waals surface area contributed by atoms with E-state index in [-0.39, 0.29) is 6.04 Å². The molecule has 116 valence electrons. The maximum Gasteiger partial charge on any atom is 0.422 e. The summed E-state index contributed by atoms with van der Waals surface area (Å²) in [6.45, 7) is 8.71. The van der Waals surface area contributed by atoms with Crippen molar-refractivity contribution in [3.8, 4) is 0 Å². The lowest BCUT2D eigenvalue weighted by atomic mass is 9.95. The molecule has 1 amide bonds. The quantitative estimate of drug-likeness (QED) is 0.887. The summed E-state index contributed by atoms with van der Waals surface area (Å²) in [7, 11) is 0. The Morgan fingerprint density at radius 2 is 2.05 bits per heavy atom. The molecule has 0 aromatic heterocycles. The molecule has 0 aliphatic carbocycles. The normalized spacial score (nSPS) is 20.3. The van der Waals surface area contributed by atoms with Gasteiger partial charge in [-0.15, -0.1) is 0 Å². The Balaban J connectivity index is 2.36. The van der Waals surface area contributed by atoms with E-state index in [4.69, 9.17) is 0 Å². The molecule has 4 heteroatoms. The number of rotatable bonds is 2. The van der Waals surface area contributed by atoms with Crippen molar-refractivity contribution in [2.24, 2.45) is 0 Å². The second-order valence-electron chi connectivity index (χ2n) is 6.85. The van der Waals surface area contributed by atoms with E-state index in [1.165, 1.54) is 16.1 Å². The fraction of sp³-hybridized carbons (Fsp3) is 0.588. The summed E-state index contributed by atoms with van der Waals surface area (Å²) in [4.78, 5) is 11.8. The first-order chi connectivity index (χ1) is 9.80. The number of piperidine rings is 1. The van der Waals surface area contributed by atoms with Gasteiger partial charge in [-0.05, 0) is 46.1 Å². The molecule has 1 fully saturated rings. The molecule has 0 bridgehead atoms. The summed E-state index contributed by atoms with van der Waals surface area (Å²) in [6, 6.07) is 8.56. The van der Waals surface area contributed by atoms with Crippen LogP contribution in [0.4, 0.5) is 4.79 Å². The molecule has 0 radical (unpaired) electrons. The number of amides is 1. The molecule has 21 heavy (non-hydrogen) atoms. The van der Waals surface area contributed by atoms with Gasteiger partial charge >= 0.3 is 6.09 Å². The predicted molar refractivity (Wildman–Crippen MR) is 84.1 cm³/mol. The van der Waals surface area contributed by atoms with Gasteiger partial charge in [0, 0.05) is 6.54 Å². The lowest BCUT2D eigenvalue weighted by molar-refractivity contribution is -0.107. The highest BCUT2D eigenvalue weighted by atomic mass is 16.4. The minimum Gasteiger partial charge on any atom is -0.464 e. The second-order valence-corrected chi connectivity index (χ2v) is 6.85. The summed E-state index contributed by atoms with van der Waals surface area (Å²) in [5.41, 5.74) is 1.99. The molecule has 2 rings (SSSR count). The van der Waals surface area contributed by atoms with Crippen LogP contribution in [0.1, 0.15) is 57.2 Å². The molecule has 1 aliphatic heterocycles. The summed E-state index contributed by atoms with van der Waals surface area (Å²) < 4.78 is 0. The molecular weight excluding hydrogens is 264 g/mol.